The van der Waals surface area contributed by atoms with Crippen LogP contribution in [0.1, 0.15) is 6.92 Å². The Hall–Kier alpha value is -1.76. The van der Waals surface area contributed by atoms with Crippen LogP contribution >= 0.6 is 0 Å². The summed E-state index contributed by atoms with van der Waals surface area (Å²) in [4.78, 5) is 22.2. The van der Waals surface area contributed by atoms with Gasteiger partial charge in [-0.05, 0) is 6.08 Å². The fourth-order valence-corrected chi connectivity index (χ4v) is 2.21. The van der Waals surface area contributed by atoms with E-state index in [1.807, 2.05) is 0 Å². The van der Waals surface area contributed by atoms with E-state index in [0.717, 1.165) is 13.0 Å². The van der Waals surface area contributed by atoms with E-state index in [2.05, 4.69) is 5.32 Å². The van der Waals surface area contributed by atoms with Gasteiger partial charge in [0.25, 0.3) is 0 Å². The van der Waals surface area contributed by atoms with Crippen LogP contribution in [0, 0.1) is 0 Å². The summed E-state index contributed by atoms with van der Waals surface area (Å²) in [6.07, 6.45) is -6.72. The van der Waals surface area contributed by atoms with Crippen LogP contribution in [0.5, 0.6) is 0 Å². The van der Waals surface area contributed by atoms with E-state index in [9.17, 15) is 30.0 Å². The highest BCUT2D eigenvalue weighted by atomic mass is 16.5. The van der Waals surface area contributed by atoms with Crippen LogP contribution in [0.3, 0.4) is 0 Å². The van der Waals surface area contributed by atoms with Crippen LogP contribution in [0.25, 0.3) is 0 Å². The van der Waals surface area contributed by atoms with Crippen molar-refractivity contribution in [2.45, 2.75) is 43.5 Å². The van der Waals surface area contributed by atoms with Gasteiger partial charge in [-0.25, -0.2) is 0 Å². The first kappa shape index (κ1) is 21.3. The molecule has 0 bridgehead atoms. The molecule has 11 nitrogen and oxygen atoms in total. The molecule has 0 aliphatic carbocycles. The summed E-state index contributed by atoms with van der Waals surface area (Å²) in [5.74, 6) is -3.07. The monoisotopic (exact) mass is 364 g/mol. The lowest BCUT2D eigenvalue weighted by Crippen LogP contribution is -2.60. The van der Waals surface area contributed by atoms with E-state index < -0.39 is 67.4 Å². The van der Waals surface area contributed by atoms with Gasteiger partial charge in [-0.15, -0.1) is 0 Å². The number of aliphatic carboxylic acids is 1. The van der Waals surface area contributed by atoms with Crippen molar-refractivity contribution >= 4 is 11.9 Å². The van der Waals surface area contributed by atoms with Crippen LogP contribution in [0.2, 0.25) is 0 Å². The van der Waals surface area contributed by atoms with Crippen molar-refractivity contribution in [3.05, 3.63) is 11.8 Å². The molecule has 0 aromatic rings. The fourth-order valence-electron chi connectivity index (χ4n) is 2.21. The van der Waals surface area contributed by atoms with Gasteiger partial charge in [0.15, 0.2) is 6.10 Å². The van der Waals surface area contributed by atoms with Crippen molar-refractivity contribution in [3.63, 3.8) is 0 Å². The zero-order valence-electron chi connectivity index (χ0n) is 13.4. The Morgan fingerprint density at radius 3 is 2.52 bits per heavy atom. The SMILES string of the molecule is CC(=O)N[C@@H]1C(O)C=C(C(=O)[O-])OC1[C@H](O)[C@H](O)COC[C@H](O)CO. The first-order valence-corrected chi connectivity index (χ1v) is 7.45. The molecule has 1 heterocycles. The lowest BCUT2D eigenvalue weighted by atomic mass is 9.94. The number of amides is 1. The average Bonchev–Trinajstić information content (AvgIpc) is 2.54. The molecular weight excluding hydrogens is 342 g/mol. The van der Waals surface area contributed by atoms with Gasteiger partial charge < -0.3 is 50.2 Å². The van der Waals surface area contributed by atoms with E-state index in [0.29, 0.717) is 0 Å². The third kappa shape index (κ3) is 6.23. The lowest BCUT2D eigenvalue weighted by Gasteiger charge is -2.39. The second-order valence-electron chi connectivity index (χ2n) is 5.55. The van der Waals surface area contributed by atoms with Gasteiger partial charge in [0.05, 0.1) is 32.0 Å². The Balaban J connectivity index is 2.82. The Kier molecular flexibility index (Phi) is 8.22. The largest absolute Gasteiger partial charge is 0.542 e. The van der Waals surface area contributed by atoms with E-state index >= 15 is 0 Å². The maximum atomic E-state index is 11.2. The van der Waals surface area contributed by atoms with Crippen molar-refractivity contribution in [3.8, 4) is 0 Å². The molecule has 0 radical (unpaired) electrons. The summed E-state index contributed by atoms with van der Waals surface area (Å²) in [7, 11) is 0. The number of nitrogens with one attached hydrogen (secondary N) is 1. The number of hydrogen-bond donors (Lipinski definition) is 6. The standard InChI is InChI=1S/C14H23NO10/c1-6(17)15-11-8(19)2-10(14(22)23)25-13(11)12(21)9(20)5-24-4-7(18)3-16/h2,7-9,11-13,16,18-21H,3-5H2,1H3,(H,15,17)(H,22,23)/p-1/t7-,8?,9-,11-,12-,13?/m1/s1. The molecule has 1 amide bonds. The Bertz CT molecular complexity index is 496. The third-order valence-electron chi connectivity index (χ3n) is 3.42. The van der Waals surface area contributed by atoms with Crippen LogP contribution in [-0.2, 0) is 19.1 Å². The minimum atomic E-state index is -1.75. The Labute approximate surface area is 143 Å². The molecule has 0 fully saturated rings. The molecule has 6 N–H and O–H groups in total. The molecule has 25 heavy (non-hydrogen) atoms. The first-order valence-electron chi connectivity index (χ1n) is 7.45. The molecule has 0 spiro atoms. The zero-order chi connectivity index (χ0) is 19.1. The molecule has 144 valence electrons. The van der Waals surface area contributed by atoms with E-state index in [1.165, 1.54) is 0 Å². The predicted molar refractivity (Wildman–Crippen MR) is 77.5 cm³/mol. The minimum absolute atomic E-state index is 0.312. The minimum Gasteiger partial charge on any atom is -0.542 e. The number of hydrogen-bond acceptors (Lipinski definition) is 10. The normalized spacial score (nSPS) is 26.8. The summed E-state index contributed by atoms with van der Waals surface area (Å²) >= 11 is 0. The molecule has 1 rings (SSSR count). The maximum absolute atomic E-state index is 11.2. The highest BCUT2D eigenvalue weighted by Crippen LogP contribution is 2.22. The maximum Gasteiger partial charge on any atom is 0.217 e. The number of rotatable bonds is 9. The van der Waals surface area contributed by atoms with Crippen molar-refractivity contribution in [2.75, 3.05) is 19.8 Å². The fraction of sp³-hybridized carbons (Fsp3) is 0.714. The van der Waals surface area contributed by atoms with Crippen LogP contribution < -0.4 is 10.4 Å². The molecule has 1 aliphatic rings. The quantitative estimate of drug-likeness (QED) is 0.231. The highest BCUT2D eigenvalue weighted by Gasteiger charge is 2.42. The second-order valence-corrected chi connectivity index (χ2v) is 5.55. The smallest absolute Gasteiger partial charge is 0.217 e. The topological polar surface area (TPSA) is 189 Å². The summed E-state index contributed by atoms with van der Waals surface area (Å²) in [6.45, 7) is -0.204. The summed E-state index contributed by atoms with van der Waals surface area (Å²) in [5, 5.41) is 61.1. The molecule has 6 atom stereocenters. The van der Waals surface area contributed by atoms with Crippen molar-refractivity contribution < 1.29 is 49.7 Å². The zero-order valence-corrected chi connectivity index (χ0v) is 13.4. The van der Waals surface area contributed by atoms with Crippen molar-refractivity contribution in [2.24, 2.45) is 0 Å². The number of carboxylic acids is 1. The Morgan fingerprint density at radius 2 is 2.00 bits per heavy atom. The summed E-state index contributed by atoms with van der Waals surface area (Å²) in [6, 6.07) is -1.23. The van der Waals surface area contributed by atoms with Crippen LogP contribution in [0.4, 0.5) is 0 Å². The molecule has 0 aromatic heterocycles. The lowest BCUT2D eigenvalue weighted by molar-refractivity contribution is -0.305. The van der Waals surface area contributed by atoms with Gasteiger partial charge in [0, 0.05) is 6.92 Å². The Morgan fingerprint density at radius 1 is 1.36 bits per heavy atom. The second kappa shape index (κ2) is 9.65. The van der Waals surface area contributed by atoms with Crippen molar-refractivity contribution in [1.29, 1.82) is 0 Å². The van der Waals surface area contributed by atoms with Crippen molar-refractivity contribution in [1.82, 2.24) is 5.32 Å². The van der Waals surface area contributed by atoms with Crippen LogP contribution in [-0.4, -0.2) is 93.8 Å². The number of carboxylic acid groups (broad SMARTS) is 1. The average molecular weight is 364 g/mol. The van der Waals surface area contributed by atoms with Gasteiger partial charge in [-0.2, -0.15) is 0 Å². The van der Waals surface area contributed by atoms with Gasteiger partial charge in [0.1, 0.15) is 30.0 Å². The number of carbonyl (C=O) groups is 2. The molecule has 0 saturated heterocycles. The number of ether oxygens (including phenoxy) is 2. The molecule has 11 heteroatoms. The van der Waals surface area contributed by atoms with Gasteiger partial charge in [0.2, 0.25) is 5.91 Å². The number of carbonyl (C=O) groups excluding carboxylic acids is 2. The summed E-state index contributed by atoms with van der Waals surface area (Å²) in [5.41, 5.74) is 0. The molecule has 1 aliphatic heterocycles. The molecule has 0 aromatic carbocycles. The van der Waals surface area contributed by atoms with Gasteiger partial charge >= 0.3 is 0 Å². The van der Waals surface area contributed by atoms with E-state index in [-0.39, 0.29) is 6.61 Å². The first-order chi connectivity index (χ1) is 11.7. The van der Waals surface area contributed by atoms with E-state index in [1.54, 1.807) is 0 Å². The van der Waals surface area contributed by atoms with Crippen LogP contribution in [0.15, 0.2) is 11.8 Å². The number of aliphatic hydroxyl groups is 5. The van der Waals surface area contributed by atoms with E-state index in [4.69, 9.17) is 19.7 Å². The van der Waals surface area contributed by atoms with Gasteiger partial charge in [-0.3, -0.25) is 4.79 Å². The number of aliphatic hydroxyl groups excluding tert-OH is 5. The third-order valence-corrected chi connectivity index (χ3v) is 3.42. The highest BCUT2D eigenvalue weighted by molar-refractivity contribution is 5.82. The summed E-state index contributed by atoms with van der Waals surface area (Å²) < 4.78 is 9.94. The predicted octanol–water partition coefficient (Wildman–Crippen LogP) is -5.02. The van der Waals surface area contributed by atoms with Gasteiger partial charge in [-0.1, -0.05) is 0 Å². The molecular formula is C14H22NO10-. The molecule has 0 saturated carbocycles. The molecule has 2 unspecified atom stereocenters.